The molecule has 3 aromatic heterocycles. The minimum Gasteiger partial charge on any atom is -0.360 e. The van der Waals surface area contributed by atoms with Crippen LogP contribution >= 0.6 is 0 Å². The Morgan fingerprint density at radius 1 is 0.686 bits per heavy atom. The second kappa shape index (κ2) is 9.09. The number of nitrogens with zero attached hydrogens (tertiary/aromatic N) is 6. The molecule has 0 saturated carbocycles. The Hall–Kier alpha value is -3.23. The van der Waals surface area contributed by atoms with Gasteiger partial charge in [0, 0.05) is 35.9 Å². The summed E-state index contributed by atoms with van der Waals surface area (Å²) in [4.78, 5) is 30.1. The first kappa shape index (κ1) is 23.5. The predicted molar refractivity (Wildman–Crippen MR) is 142 cm³/mol. The van der Waals surface area contributed by atoms with Gasteiger partial charge in [0.2, 0.25) is 0 Å². The van der Waals surface area contributed by atoms with Crippen LogP contribution < -0.4 is 15.2 Å². The van der Waals surface area contributed by atoms with Crippen LogP contribution in [0.3, 0.4) is 0 Å². The second-order valence-corrected chi connectivity index (χ2v) is 11.2. The topological polar surface area (TPSA) is 65.1 Å². The summed E-state index contributed by atoms with van der Waals surface area (Å²) in [5.41, 5.74) is 5.21. The largest absolute Gasteiger partial charge is 0.360 e. The fourth-order valence-corrected chi connectivity index (χ4v) is 4.88. The number of pyridine rings is 3. The average molecular weight is 476 g/mol. The van der Waals surface area contributed by atoms with Crippen molar-refractivity contribution in [2.45, 2.75) is 0 Å². The number of hydrogen-bond donors (Lipinski definition) is 1. The number of rotatable bonds is 4. The summed E-state index contributed by atoms with van der Waals surface area (Å²) < 4.78 is 2.09. The van der Waals surface area contributed by atoms with Crippen LogP contribution in [-0.4, -0.2) is 104 Å². The summed E-state index contributed by atoms with van der Waals surface area (Å²) in [7, 11) is 9.11. The van der Waals surface area contributed by atoms with Crippen LogP contribution in [0.1, 0.15) is 0 Å². The van der Waals surface area contributed by atoms with E-state index in [1.165, 1.54) is 0 Å². The minimum absolute atomic E-state index is 0.0535. The van der Waals surface area contributed by atoms with Crippen LogP contribution in [-0.2, 0) is 0 Å². The van der Waals surface area contributed by atoms with Crippen LogP contribution in [0, 0.1) is 0 Å². The molecule has 2 saturated heterocycles. The maximum Gasteiger partial charge on any atom is 0.182 e. The molecule has 0 aromatic carbocycles. The van der Waals surface area contributed by atoms with Crippen LogP contribution in [0.5, 0.6) is 0 Å². The molecule has 5 rings (SSSR count). The van der Waals surface area contributed by atoms with E-state index in [1.807, 2.05) is 12.4 Å². The number of hydrogen-bond acceptors (Lipinski definition) is 5. The van der Waals surface area contributed by atoms with Crippen molar-refractivity contribution in [3.63, 3.8) is 0 Å². The fraction of sp³-hybridized carbons (Fsp3) is 0.444. The monoisotopic (exact) mass is 475 g/mol. The third-order valence-electron chi connectivity index (χ3n) is 7.51. The lowest BCUT2D eigenvalue weighted by Crippen LogP contribution is -2.54. The highest BCUT2D eigenvalue weighted by Crippen LogP contribution is 2.26. The summed E-state index contributed by atoms with van der Waals surface area (Å²) in [6.07, 6.45) is 3.67. The van der Waals surface area contributed by atoms with E-state index in [0.29, 0.717) is 11.4 Å². The lowest BCUT2D eigenvalue weighted by Gasteiger charge is -2.40. The Balaban J connectivity index is 1.41. The molecule has 0 unspecified atom stereocenters. The minimum atomic E-state index is -0.0535. The summed E-state index contributed by atoms with van der Waals surface area (Å²) in [5, 5.41) is 0. The van der Waals surface area contributed by atoms with Crippen LogP contribution in [0.4, 0.5) is 11.4 Å². The molecule has 2 fully saturated rings. The summed E-state index contributed by atoms with van der Waals surface area (Å²) >= 11 is 0. The maximum absolute atomic E-state index is 12.7. The Morgan fingerprint density at radius 3 is 1.49 bits per heavy atom. The summed E-state index contributed by atoms with van der Waals surface area (Å²) in [6.45, 7) is 8.48. The molecule has 0 bridgehead atoms. The number of aromatic amines is 1. The van der Waals surface area contributed by atoms with E-state index < -0.39 is 0 Å². The van der Waals surface area contributed by atoms with Gasteiger partial charge in [0.1, 0.15) is 0 Å². The summed E-state index contributed by atoms with van der Waals surface area (Å²) in [6, 6.07) is 11.5. The second-order valence-electron chi connectivity index (χ2n) is 11.2. The number of piperazine rings is 2. The van der Waals surface area contributed by atoms with Gasteiger partial charge in [0.25, 0.3) is 0 Å². The molecule has 184 valence electrons. The number of nitrogens with one attached hydrogen (secondary N) is 1. The third kappa shape index (κ3) is 5.39. The molecular formula is C27H37N7O+2. The number of anilines is 2. The first-order valence-electron chi connectivity index (χ1n) is 12.5. The molecule has 0 radical (unpaired) electrons. The number of aromatic nitrogens is 3. The van der Waals surface area contributed by atoms with E-state index in [-0.39, 0.29) is 5.43 Å². The molecule has 0 amide bonds. The van der Waals surface area contributed by atoms with Crippen LogP contribution in [0.25, 0.3) is 22.8 Å². The fourth-order valence-electron chi connectivity index (χ4n) is 4.88. The lowest BCUT2D eigenvalue weighted by molar-refractivity contribution is -0.890. The Kier molecular flexibility index (Phi) is 6.11. The predicted octanol–water partition coefficient (Wildman–Crippen LogP) is 2.29. The number of quaternary nitrogens is 2. The molecular weight excluding hydrogens is 438 g/mol. The van der Waals surface area contributed by atoms with E-state index in [4.69, 9.17) is 0 Å². The van der Waals surface area contributed by atoms with Crippen molar-refractivity contribution in [3.8, 4) is 22.8 Å². The van der Waals surface area contributed by atoms with E-state index in [1.54, 1.807) is 12.1 Å². The van der Waals surface area contributed by atoms with Gasteiger partial charge in [0.05, 0.1) is 103 Å². The normalized spacial score (nSPS) is 19.5. The van der Waals surface area contributed by atoms with E-state index in [0.717, 1.165) is 84.1 Å². The first-order chi connectivity index (χ1) is 16.7. The number of H-pyrrole nitrogens is 1. The molecule has 0 atom stereocenters. The molecule has 3 aromatic rings. The van der Waals surface area contributed by atoms with Gasteiger partial charge in [-0.25, -0.2) is 0 Å². The van der Waals surface area contributed by atoms with Crippen molar-refractivity contribution in [3.05, 3.63) is 59.0 Å². The van der Waals surface area contributed by atoms with Gasteiger partial charge in [-0.1, -0.05) is 0 Å². The Morgan fingerprint density at radius 2 is 1.09 bits per heavy atom. The lowest BCUT2D eigenvalue weighted by atomic mass is 10.1. The molecule has 2 aliphatic heterocycles. The molecule has 35 heavy (non-hydrogen) atoms. The zero-order valence-electron chi connectivity index (χ0n) is 21.4. The standard InChI is InChI=1S/C27H36N7O/c1-33(2)13-9-31(10-14-33)21-5-7-28-24(17-21)26-19-23(35)20-27(30-26)25-18-22(6-8-29-25)32-11-15-34(3,4)16-12-32/h5-8,17-20H,9-16H2,1-4H3/q+1/p+1. The zero-order valence-corrected chi connectivity index (χ0v) is 21.4. The maximum atomic E-state index is 12.7. The molecule has 5 heterocycles. The first-order valence-corrected chi connectivity index (χ1v) is 12.5. The van der Waals surface area contributed by atoms with Crippen LogP contribution in [0.2, 0.25) is 0 Å². The molecule has 2 aliphatic rings. The third-order valence-corrected chi connectivity index (χ3v) is 7.51. The number of likely N-dealkylation sites (N-methyl/N-ethyl adjacent to an activating group) is 2. The van der Waals surface area contributed by atoms with Crippen molar-refractivity contribution in [1.82, 2.24) is 15.0 Å². The summed E-state index contributed by atoms with van der Waals surface area (Å²) in [5.74, 6) is 0. The molecule has 1 N–H and O–H groups in total. The molecule has 8 nitrogen and oxygen atoms in total. The van der Waals surface area contributed by atoms with Crippen molar-refractivity contribution >= 4 is 11.4 Å². The molecule has 8 heteroatoms. The van der Waals surface area contributed by atoms with E-state index in [9.17, 15) is 4.79 Å². The smallest absolute Gasteiger partial charge is 0.182 e. The highest BCUT2D eigenvalue weighted by atomic mass is 16.1. The van der Waals surface area contributed by atoms with Crippen LogP contribution in [0.15, 0.2) is 53.6 Å². The molecule has 0 spiro atoms. The van der Waals surface area contributed by atoms with Gasteiger partial charge in [-0.05, 0) is 24.3 Å². The highest BCUT2D eigenvalue weighted by molar-refractivity contribution is 5.67. The zero-order chi connectivity index (χ0) is 24.6. The van der Waals surface area contributed by atoms with Gasteiger partial charge in [-0.15, -0.1) is 0 Å². The highest BCUT2D eigenvalue weighted by Gasteiger charge is 2.26. The van der Waals surface area contributed by atoms with Crippen molar-refractivity contribution < 1.29 is 8.97 Å². The van der Waals surface area contributed by atoms with Gasteiger partial charge < -0.3 is 23.7 Å². The van der Waals surface area contributed by atoms with Crippen molar-refractivity contribution in [1.29, 1.82) is 0 Å². The van der Waals surface area contributed by atoms with Gasteiger partial charge in [-0.3, -0.25) is 14.8 Å². The Labute approximate surface area is 207 Å². The van der Waals surface area contributed by atoms with Gasteiger partial charge >= 0.3 is 0 Å². The Bertz CT molecular complexity index is 1150. The molecule has 0 aliphatic carbocycles. The van der Waals surface area contributed by atoms with Gasteiger partial charge in [-0.2, -0.15) is 0 Å². The quantitative estimate of drug-likeness (QED) is 0.587. The van der Waals surface area contributed by atoms with Crippen molar-refractivity contribution in [2.24, 2.45) is 0 Å². The average Bonchev–Trinajstić information content (AvgIpc) is 2.84. The van der Waals surface area contributed by atoms with Crippen molar-refractivity contribution in [2.75, 3.05) is 90.3 Å². The van der Waals surface area contributed by atoms with E-state index >= 15 is 0 Å². The van der Waals surface area contributed by atoms with E-state index in [2.05, 4.69) is 77.2 Å². The van der Waals surface area contributed by atoms with Gasteiger partial charge in [0.15, 0.2) is 5.43 Å². The SMILES string of the molecule is C[N+]1(C)CCN(c2ccnc(-c3cc(=O)cc(-c4cc(N5CC[N+](C)(C)CC5)ccn4)[nH]3)c2)CC1.